The van der Waals surface area contributed by atoms with E-state index in [1.807, 2.05) is 75.7 Å². The summed E-state index contributed by atoms with van der Waals surface area (Å²) in [4.78, 5) is 23.6. The van der Waals surface area contributed by atoms with Crippen LogP contribution in [0.1, 0.15) is 5.69 Å². The topological polar surface area (TPSA) is 94.7 Å². The van der Waals surface area contributed by atoms with Crippen molar-refractivity contribution in [1.29, 1.82) is 0 Å². The van der Waals surface area contributed by atoms with E-state index < -0.39 is 0 Å². The van der Waals surface area contributed by atoms with Crippen LogP contribution in [0.2, 0.25) is 0 Å². The van der Waals surface area contributed by atoms with E-state index in [1.165, 1.54) is 0 Å². The van der Waals surface area contributed by atoms with Crippen molar-refractivity contribution in [3.05, 3.63) is 90.9 Å². The SMILES string of the molecule is Cc1cc(Nc2ccc3[nH]c(-c4ccc(Nc5ccnc6ccc(N(C)C)cc56)cc4)nc3n2)ccn1. The molecule has 8 nitrogen and oxygen atoms in total. The molecule has 2 aromatic carbocycles. The van der Waals surface area contributed by atoms with Gasteiger partial charge in [0.1, 0.15) is 11.6 Å². The molecule has 0 aliphatic carbocycles. The Labute approximate surface area is 214 Å². The highest BCUT2D eigenvalue weighted by molar-refractivity contribution is 5.95. The molecule has 0 saturated heterocycles. The second-order valence-electron chi connectivity index (χ2n) is 9.12. The predicted molar refractivity (Wildman–Crippen MR) is 151 cm³/mol. The third-order valence-corrected chi connectivity index (χ3v) is 6.19. The number of anilines is 5. The van der Waals surface area contributed by atoms with Gasteiger partial charge in [-0.2, -0.15) is 0 Å². The van der Waals surface area contributed by atoms with Crippen LogP contribution >= 0.6 is 0 Å². The number of pyridine rings is 3. The van der Waals surface area contributed by atoms with Crippen molar-refractivity contribution in [2.45, 2.75) is 6.92 Å². The Kier molecular flexibility index (Phi) is 5.61. The lowest BCUT2D eigenvalue weighted by Gasteiger charge is -2.15. The van der Waals surface area contributed by atoms with Crippen molar-refractivity contribution in [1.82, 2.24) is 24.9 Å². The van der Waals surface area contributed by atoms with Gasteiger partial charge in [-0.15, -0.1) is 0 Å². The highest BCUT2D eigenvalue weighted by Gasteiger charge is 2.09. The van der Waals surface area contributed by atoms with Crippen LogP contribution in [0.15, 0.2) is 85.2 Å². The summed E-state index contributed by atoms with van der Waals surface area (Å²) < 4.78 is 0. The van der Waals surface area contributed by atoms with Gasteiger partial charge in [0.25, 0.3) is 0 Å². The first kappa shape index (κ1) is 22.5. The van der Waals surface area contributed by atoms with Crippen molar-refractivity contribution < 1.29 is 0 Å². The molecule has 4 aromatic heterocycles. The van der Waals surface area contributed by atoms with Crippen LogP contribution in [0.3, 0.4) is 0 Å². The second-order valence-corrected chi connectivity index (χ2v) is 9.12. The largest absolute Gasteiger partial charge is 0.378 e. The van der Waals surface area contributed by atoms with Gasteiger partial charge in [0, 0.05) is 65.9 Å². The summed E-state index contributed by atoms with van der Waals surface area (Å²) in [5, 5.41) is 7.93. The summed E-state index contributed by atoms with van der Waals surface area (Å²) in [5.41, 5.74) is 8.50. The lowest BCUT2D eigenvalue weighted by molar-refractivity contribution is 1.13. The number of aromatic amines is 1. The Morgan fingerprint density at radius 3 is 2.41 bits per heavy atom. The smallest absolute Gasteiger partial charge is 0.180 e. The highest BCUT2D eigenvalue weighted by atomic mass is 15.1. The van der Waals surface area contributed by atoms with E-state index in [-0.39, 0.29) is 0 Å². The maximum atomic E-state index is 4.73. The van der Waals surface area contributed by atoms with Gasteiger partial charge in [-0.1, -0.05) is 0 Å². The number of nitrogens with zero attached hydrogens (tertiary/aromatic N) is 5. The van der Waals surface area contributed by atoms with Gasteiger partial charge in [0.15, 0.2) is 5.65 Å². The summed E-state index contributed by atoms with van der Waals surface area (Å²) >= 11 is 0. The number of benzene rings is 2. The Morgan fingerprint density at radius 1 is 0.757 bits per heavy atom. The minimum absolute atomic E-state index is 0.660. The molecule has 0 aliphatic rings. The van der Waals surface area contributed by atoms with Crippen molar-refractivity contribution in [2.24, 2.45) is 0 Å². The molecule has 0 fully saturated rings. The van der Waals surface area contributed by atoms with E-state index >= 15 is 0 Å². The summed E-state index contributed by atoms with van der Waals surface area (Å²) in [6.45, 7) is 1.96. The normalized spacial score (nSPS) is 11.1. The number of hydrogen-bond donors (Lipinski definition) is 3. The van der Waals surface area contributed by atoms with Crippen molar-refractivity contribution in [2.75, 3.05) is 29.6 Å². The minimum Gasteiger partial charge on any atom is -0.378 e. The highest BCUT2D eigenvalue weighted by Crippen LogP contribution is 2.30. The lowest BCUT2D eigenvalue weighted by atomic mass is 10.1. The van der Waals surface area contributed by atoms with Crippen LogP contribution in [-0.4, -0.2) is 39.0 Å². The summed E-state index contributed by atoms with van der Waals surface area (Å²) in [7, 11) is 4.08. The van der Waals surface area contributed by atoms with E-state index in [9.17, 15) is 0 Å². The zero-order valence-electron chi connectivity index (χ0n) is 20.8. The molecule has 3 N–H and O–H groups in total. The molecule has 37 heavy (non-hydrogen) atoms. The zero-order chi connectivity index (χ0) is 25.4. The number of fused-ring (bicyclic) bond motifs is 2. The number of aromatic nitrogens is 5. The number of aryl methyl sites for hydroxylation is 1. The van der Waals surface area contributed by atoms with Crippen LogP contribution in [-0.2, 0) is 0 Å². The maximum absolute atomic E-state index is 4.73. The van der Waals surface area contributed by atoms with Crippen LogP contribution in [0.4, 0.5) is 28.6 Å². The van der Waals surface area contributed by atoms with Gasteiger partial charge in [0.2, 0.25) is 0 Å². The second kappa shape index (κ2) is 9.23. The fraction of sp³-hybridized carbons (Fsp3) is 0.103. The van der Waals surface area contributed by atoms with Gasteiger partial charge in [-0.25, -0.2) is 9.97 Å². The molecular weight excluding hydrogens is 460 g/mol. The Bertz CT molecular complexity index is 1720. The van der Waals surface area contributed by atoms with Crippen LogP contribution in [0.5, 0.6) is 0 Å². The number of imidazole rings is 1. The molecule has 182 valence electrons. The first-order valence-electron chi connectivity index (χ1n) is 12.0. The van der Waals surface area contributed by atoms with Crippen molar-refractivity contribution in [3.8, 4) is 11.4 Å². The van der Waals surface area contributed by atoms with Gasteiger partial charge >= 0.3 is 0 Å². The fourth-order valence-corrected chi connectivity index (χ4v) is 4.26. The number of nitrogens with one attached hydrogen (secondary N) is 3. The molecule has 0 atom stereocenters. The molecular formula is C29H26N8. The van der Waals surface area contributed by atoms with Gasteiger partial charge in [0.05, 0.1) is 11.0 Å². The Hall–Kier alpha value is -4.98. The van der Waals surface area contributed by atoms with Crippen LogP contribution in [0, 0.1) is 6.92 Å². The van der Waals surface area contributed by atoms with E-state index in [2.05, 4.69) is 59.7 Å². The summed E-state index contributed by atoms with van der Waals surface area (Å²) in [5.74, 6) is 1.51. The third kappa shape index (κ3) is 4.64. The van der Waals surface area contributed by atoms with E-state index in [1.54, 1.807) is 6.20 Å². The molecule has 0 aliphatic heterocycles. The average Bonchev–Trinajstić information content (AvgIpc) is 3.32. The standard InChI is InChI=1S/C29H26N8/c1-18-16-21(12-14-30-18)33-27-11-10-26-29(35-27)36-28(34-26)19-4-6-20(7-5-19)32-25-13-15-31-24-9-8-22(37(2)3)17-23(24)25/h4-17H,1-3H3,(H,31,32)(H2,30,33,34,35,36). The molecule has 8 heteroatoms. The maximum Gasteiger partial charge on any atom is 0.180 e. The van der Waals surface area contributed by atoms with Gasteiger partial charge < -0.3 is 20.5 Å². The minimum atomic E-state index is 0.660. The molecule has 4 heterocycles. The average molecular weight is 487 g/mol. The van der Waals surface area contributed by atoms with E-state index in [4.69, 9.17) is 4.98 Å². The number of H-pyrrole nitrogens is 1. The quantitative estimate of drug-likeness (QED) is 0.250. The Balaban J connectivity index is 1.24. The Morgan fingerprint density at radius 2 is 1.59 bits per heavy atom. The van der Waals surface area contributed by atoms with Crippen molar-refractivity contribution in [3.63, 3.8) is 0 Å². The number of hydrogen-bond acceptors (Lipinski definition) is 7. The van der Waals surface area contributed by atoms with Crippen LogP contribution in [0.25, 0.3) is 33.5 Å². The number of rotatable bonds is 6. The summed E-state index contributed by atoms with van der Waals surface area (Å²) in [6.07, 6.45) is 3.61. The molecule has 0 unspecified atom stereocenters. The summed E-state index contributed by atoms with van der Waals surface area (Å²) in [6, 6.07) is 24.3. The monoisotopic (exact) mass is 486 g/mol. The van der Waals surface area contributed by atoms with Crippen molar-refractivity contribution >= 4 is 50.6 Å². The zero-order valence-corrected chi connectivity index (χ0v) is 20.8. The molecule has 0 amide bonds. The first-order chi connectivity index (χ1) is 18.0. The molecule has 0 bridgehead atoms. The molecule has 6 aromatic rings. The molecule has 0 spiro atoms. The molecule has 6 rings (SSSR count). The van der Waals surface area contributed by atoms with Crippen LogP contribution < -0.4 is 15.5 Å². The third-order valence-electron chi connectivity index (χ3n) is 6.19. The lowest BCUT2D eigenvalue weighted by Crippen LogP contribution is -2.08. The fourth-order valence-electron chi connectivity index (χ4n) is 4.26. The molecule has 0 radical (unpaired) electrons. The van der Waals surface area contributed by atoms with E-state index in [0.717, 1.165) is 62.1 Å². The van der Waals surface area contributed by atoms with E-state index in [0.29, 0.717) is 5.65 Å². The predicted octanol–water partition coefficient (Wildman–Crippen LogP) is 6.43. The molecule has 0 saturated carbocycles. The van der Waals surface area contributed by atoms with Gasteiger partial charge in [-0.05, 0) is 79.7 Å². The first-order valence-corrected chi connectivity index (χ1v) is 12.0. The van der Waals surface area contributed by atoms with Gasteiger partial charge in [-0.3, -0.25) is 9.97 Å².